The van der Waals surface area contributed by atoms with Crippen molar-refractivity contribution in [3.63, 3.8) is 0 Å². The number of anilines is 1. The molecule has 20 heavy (non-hydrogen) atoms. The molecule has 1 N–H and O–H groups in total. The molecule has 1 atom stereocenters. The fraction of sp³-hybridized carbons (Fsp3) is 0.462. The summed E-state index contributed by atoms with van der Waals surface area (Å²) in [5.41, 5.74) is 0.352. The second kappa shape index (κ2) is 5.68. The lowest BCUT2D eigenvalue weighted by Gasteiger charge is -2.33. The van der Waals surface area contributed by atoms with E-state index in [0.29, 0.717) is 18.7 Å². The van der Waals surface area contributed by atoms with Crippen LogP contribution in [0.25, 0.3) is 0 Å². The molecule has 1 fully saturated rings. The molecule has 7 heteroatoms. The number of amides is 2. The Labute approximate surface area is 113 Å². The smallest absolute Gasteiger partial charge is 0.324 e. The van der Waals surface area contributed by atoms with Crippen LogP contribution in [-0.2, 0) is 0 Å². The van der Waals surface area contributed by atoms with Gasteiger partial charge in [0.2, 0.25) is 0 Å². The molecule has 1 heterocycles. The fourth-order valence-electron chi connectivity index (χ4n) is 2.16. The van der Waals surface area contributed by atoms with Gasteiger partial charge in [0.05, 0.1) is 5.92 Å². The van der Waals surface area contributed by atoms with Crippen molar-refractivity contribution in [2.45, 2.75) is 19.0 Å². The number of rotatable bonds is 1. The first-order valence-corrected chi connectivity index (χ1v) is 6.24. The van der Waals surface area contributed by atoms with Gasteiger partial charge in [-0.2, -0.15) is 13.2 Å². The number of hydrogen-bond donors (Lipinski definition) is 1. The predicted octanol–water partition coefficient (Wildman–Crippen LogP) is 3.63. The largest absolute Gasteiger partial charge is 0.393 e. The lowest BCUT2D eigenvalue weighted by Crippen LogP contribution is -2.46. The van der Waals surface area contributed by atoms with Gasteiger partial charge >= 0.3 is 12.2 Å². The maximum absolute atomic E-state index is 12.7. The lowest BCUT2D eigenvalue weighted by atomic mass is 9.98. The quantitative estimate of drug-likeness (QED) is 0.787. The van der Waals surface area contributed by atoms with Crippen LogP contribution in [0.15, 0.2) is 24.3 Å². The molecular weight excluding hydrogens is 276 g/mol. The van der Waals surface area contributed by atoms with E-state index >= 15 is 0 Å². The summed E-state index contributed by atoms with van der Waals surface area (Å²) in [5, 5.41) is 2.46. The van der Waals surface area contributed by atoms with E-state index in [1.807, 2.05) is 0 Å². The molecule has 1 aliphatic heterocycles. The average molecular weight is 290 g/mol. The van der Waals surface area contributed by atoms with Gasteiger partial charge in [-0.25, -0.2) is 9.18 Å². The van der Waals surface area contributed by atoms with Crippen molar-refractivity contribution >= 4 is 11.7 Å². The molecule has 0 radical (unpaired) electrons. The first kappa shape index (κ1) is 14.6. The Morgan fingerprint density at radius 1 is 1.25 bits per heavy atom. The Morgan fingerprint density at radius 2 is 1.90 bits per heavy atom. The molecular formula is C13H14F4N2O. The highest BCUT2D eigenvalue weighted by molar-refractivity contribution is 5.89. The van der Waals surface area contributed by atoms with Crippen LogP contribution in [0.4, 0.5) is 28.0 Å². The zero-order valence-electron chi connectivity index (χ0n) is 10.6. The number of hydrogen-bond acceptors (Lipinski definition) is 1. The molecule has 0 unspecified atom stereocenters. The van der Waals surface area contributed by atoms with Crippen molar-refractivity contribution in [2.24, 2.45) is 5.92 Å². The van der Waals surface area contributed by atoms with Gasteiger partial charge in [-0.05, 0) is 37.1 Å². The summed E-state index contributed by atoms with van der Waals surface area (Å²) in [6.45, 7) is -0.0455. The Morgan fingerprint density at radius 3 is 2.50 bits per heavy atom. The molecule has 110 valence electrons. The molecule has 1 aromatic rings. The number of urea groups is 1. The number of likely N-dealkylation sites (tertiary alicyclic amines) is 1. The molecule has 1 aliphatic rings. The molecule has 2 rings (SSSR count). The summed E-state index contributed by atoms with van der Waals surface area (Å²) >= 11 is 0. The molecule has 0 aromatic heterocycles. The van der Waals surface area contributed by atoms with E-state index in [4.69, 9.17) is 0 Å². The van der Waals surface area contributed by atoms with E-state index in [1.54, 1.807) is 0 Å². The number of piperidine rings is 1. The third-order valence-corrected chi connectivity index (χ3v) is 3.27. The third-order valence-electron chi connectivity index (χ3n) is 3.27. The van der Waals surface area contributed by atoms with Gasteiger partial charge in [0.15, 0.2) is 0 Å². The first-order valence-electron chi connectivity index (χ1n) is 6.24. The highest BCUT2D eigenvalue weighted by Gasteiger charge is 2.42. The maximum Gasteiger partial charge on any atom is 0.393 e. The number of benzene rings is 1. The molecule has 1 saturated heterocycles. The van der Waals surface area contributed by atoms with Crippen LogP contribution in [0.1, 0.15) is 12.8 Å². The number of nitrogens with zero attached hydrogens (tertiary/aromatic N) is 1. The molecule has 0 bridgehead atoms. The summed E-state index contributed by atoms with van der Waals surface area (Å²) < 4.78 is 50.7. The van der Waals surface area contributed by atoms with Crippen LogP contribution in [0.2, 0.25) is 0 Å². The number of alkyl halides is 3. The zero-order valence-corrected chi connectivity index (χ0v) is 10.6. The predicted molar refractivity (Wildman–Crippen MR) is 65.8 cm³/mol. The topological polar surface area (TPSA) is 32.3 Å². The summed E-state index contributed by atoms with van der Waals surface area (Å²) in [7, 11) is 0. The van der Waals surface area contributed by atoms with Crippen molar-refractivity contribution in [1.82, 2.24) is 4.90 Å². The van der Waals surface area contributed by atoms with Gasteiger partial charge in [-0.3, -0.25) is 0 Å². The zero-order chi connectivity index (χ0) is 14.8. The number of halogens is 4. The van der Waals surface area contributed by atoms with Gasteiger partial charge in [-0.15, -0.1) is 0 Å². The Kier molecular flexibility index (Phi) is 4.15. The van der Waals surface area contributed by atoms with Crippen LogP contribution >= 0.6 is 0 Å². The highest BCUT2D eigenvalue weighted by Crippen LogP contribution is 2.33. The first-order chi connectivity index (χ1) is 9.36. The van der Waals surface area contributed by atoms with Gasteiger partial charge in [0.25, 0.3) is 0 Å². The van der Waals surface area contributed by atoms with Crippen molar-refractivity contribution in [1.29, 1.82) is 0 Å². The van der Waals surface area contributed by atoms with Crippen LogP contribution in [0.5, 0.6) is 0 Å². The minimum atomic E-state index is -4.28. The maximum atomic E-state index is 12.7. The van der Waals surface area contributed by atoms with Crippen molar-refractivity contribution in [3.8, 4) is 0 Å². The fourth-order valence-corrected chi connectivity index (χ4v) is 2.16. The van der Waals surface area contributed by atoms with Gasteiger partial charge < -0.3 is 10.2 Å². The monoisotopic (exact) mass is 290 g/mol. The van der Waals surface area contributed by atoms with E-state index in [0.717, 1.165) is 4.90 Å². The molecule has 0 spiro atoms. The van der Waals surface area contributed by atoms with E-state index < -0.39 is 23.9 Å². The standard InChI is InChI=1S/C13H14F4N2O/c14-10-3-5-11(6-4-10)18-12(20)19-7-1-2-9(8-19)13(15,16)17/h3-6,9H,1-2,7-8H2,(H,18,20)/t9-/m0/s1. The van der Waals surface area contributed by atoms with Gasteiger partial charge in [-0.1, -0.05) is 0 Å². The second-order valence-corrected chi connectivity index (χ2v) is 4.76. The molecule has 0 aliphatic carbocycles. The Bertz CT molecular complexity index is 472. The minimum absolute atomic E-state index is 0.0455. The minimum Gasteiger partial charge on any atom is -0.324 e. The summed E-state index contributed by atoms with van der Waals surface area (Å²) in [6.07, 6.45) is -3.92. The molecule has 3 nitrogen and oxygen atoms in total. The van der Waals surface area contributed by atoms with Gasteiger partial charge in [0.1, 0.15) is 5.82 Å². The average Bonchev–Trinajstić information content (AvgIpc) is 2.40. The normalized spacial score (nSPS) is 19.8. The Hall–Kier alpha value is -1.79. The molecule has 0 saturated carbocycles. The van der Waals surface area contributed by atoms with E-state index in [9.17, 15) is 22.4 Å². The number of nitrogens with one attached hydrogen (secondary N) is 1. The van der Waals surface area contributed by atoms with E-state index in [-0.39, 0.29) is 13.0 Å². The van der Waals surface area contributed by atoms with Crippen LogP contribution < -0.4 is 5.32 Å². The van der Waals surface area contributed by atoms with Crippen molar-refractivity contribution < 1.29 is 22.4 Å². The highest BCUT2D eigenvalue weighted by atomic mass is 19.4. The molecule has 2 amide bonds. The third kappa shape index (κ3) is 3.61. The summed E-state index contributed by atoms with van der Waals surface area (Å²) in [5.74, 6) is -1.92. The van der Waals surface area contributed by atoms with Gasteiger partial charge in [0, 0.05) is 18.8 Å². The van der Waals surface area contributed by atoms with E-state index in [2.05, 4.69) is 5.32 Å². The summed E-state index contributed by atoms with van der Waals surface area (Å²) in [6, 6.07) is 4.47. The number of carbonyl (C=O) groups excluding carboxylic acids is 1. The van der Waals surface area contributed by atoms with E-state index in [1.165, 1.54) is 24.3 Å². The second-order valence-electron chi connectivity index (χ2n) is 4.76. The lowest BCUT2D eigenvalue weighted by molar-refractivity contribution is -0.183. The number of carbonyl (C=O) groups is 1. The van der Waals surface area contributed by atoms with Crippen LogP contribution in [-0.4, -0.2) is 30.2 Å². The van der Waals surface area contributed by atoms with Crippen LogP contribution in [0.3, 0.4) is 0 Å². The molecule has 1 aromatic carbocycles. The van der Waals surface area contributed by atoms with Crippen molar-refractivity contribution in [3.05, 3.63) is 30.1 Å². The summed E-state index contributed by atoms with van der Waals surface area (Å²) in [4.78, 5) is 13.0. The van der Waals surface area contributed by atoms with Crippen LogP contribution in [0, 0.1) is 11.7 Å². The Balaban J connectivity index is 1.97. The SMILES string of the molecule is O=C(Nc1ccc(F)cc1)N1CCC[C@H](C(F)(F)F)C1. The van der Waals surface area contributed by atoms with Crippen molar-refractivity contribution in [2.75, 3.05) is 18.4 Å².